The lowest BCUT2D eigenvalue weighted by molar-refractivity contribution is -0.142. The van der Waals surface area contributed by atoms with Gasteiger partial charge in [-0.3, -0.25) is 0 Å². The summed E-state index contributed by atoms with van der Waals surface area (Å²) in [6, 6.07) is 7.46. The second-order valence-corrected chi connectivity index (χ2v) is 4.38. The van der Waals surface area contributed by atoms with Crippen molar-refractivity contribution in [3.63, 3.8) is 0 Å². The molecule has 1 rings (SSSR count). The van der Waals surface area contributed by atoms with Crippen LogP contribution in [-0.2, 0) is 4.79 Å². The Balaban J connectivity index is 3.17. The first-order valence-corrected chi connectivity index (χ1v) is 6.01. The Labute approximate surface area is 107 Å². The number of anilines is 1. The minimum absolute atomic E-state index is 0.456. The second-order valence-electron chi connectivity index (χ2n) is 4.38. The lowest BCUT2D eigenvalue weighted by atomic mass is 9.92. The van der Waals surface area contributed by atoms with Crippen LogP contribution < -0.4 is 5.32 Å². The SMILES string of the molecule is CCC(CC)(Nc1ccc(C)cc1C#N)C(=O)O. The average Bonchev–Trinajstić information content (AvgIpc) is 2.37. The Bertz CT molecular complexity index is 485. The summed E-state index contributed by atoms with van der Waals surface area (Å²) in [6.07, 6.45) is 0.912. The van der Waals surface area contributed by atoms with E-state index >= 15 is 0 Å². The molecule has 2 N–H and O–H groups in total. The summed E-state index contributed by atoms with van der Waals surface area (Å²) in [5.74, 6) is -0.892. The van der Waals surface area contributed by atoms with E-state index in [9.17, 15) is 9.90 Å². The molecular formula is C14H18N2O2. The molecular weight excluding hydrogens is 228 g/mol. The van der Waals surface area contributed by atoms with Crippen LogP contribution in [0.3, 0.4) is 0 Å². The molecule has 0 fully saturated rings. The fourth-order valence-electron chi connectivity index (χ4n) is 1.90. The predicted molar refractivity (Wildman–Crippen MR) is 70.5 cm³/mol. The molecule has 0 spiro atoms. The van der Waals surface area contributed by atoms with E-state index in [0.717, 1.165) is 5.56 Å². The maximum Gasteiger partial charge on any atom is 0.329 e. The largest absolute Gasteiger partial charge is 0.480 e. The van der Waals surface area contributed by atoms with Gasteiger partial charge >= 0.3 is 5.97 Å². The third-order valence-electron chi connectivity index (χ3n) is 3.29. The van der Waals surface area contributed by atoms with Gasteiger partial charge in [0.2, 0.25) is 0 Å². The quantitative estimate of drug-likeness (QED) is 0.837. The van der Waals surface area contributed by atoms with Crippen LogP contribution in [0.5, 0.6) is 0 Å². The molecule has 0 unspecified atom stereocenters. The molecule has 0 saturated carbocycles. The molecule has 0 aromatic heterocycles. The van der Waals surface area contributed by atoms with Crippen molar-refractivity contribution in [2.24, 2.45) is 0 Å². The van der Waals surface area contributed by atoms with E-state index < -0.39 is 11.5 Å². The Kier molecular flexibility index (Phi) is 4.33. The summed E-state index contributed by atoms with van der Waals surface area (Å²) < 4.78 is 0. The number of nitrogens with zero attached hydrogens (tertiary/aromatic N) is 1. The Morgan fingerprint density at radius 3 is 2.50 bits per heavy atom. The minimum Gasteiger partial charge on any atom is -0.480 e. The summed E-state index contributed by atoms with van der Waals surface area (Å²) >= 11 is 0. The average molecular weight is 246 g/mol. The summed E-state index contributed by atoms with van der Waals surface area (Å²) in [4.78, 5) is 11.4. The Morgan fingerprint density at radius 2 is 2.06 bits per heavy atom. The lowest BCUT2D eigenvalue weighted by Crippen LogP contribution is -2.45. The molecule has 18 heavy (non-hydrogen) atoms. The molecule has 96 valence electrons. The van der Waals surface area contributed by atoms with E-state index in [1.807, 2.05) is 26.8 Å². The third-order valence-corrected chi connectivity index (χ3v) is 3.29. The third kappa shape index (κ3) is 2.62. The van der Waals surface area contributed by atoms with Gasteiger partial charge in [0.05, 0.1) is 11.3 Å². The van der Waals surface area contributed by atoms with Crippen molar-refractivity contribution in [1.82, 2.24) is 0 Å². The highest BCUT2D eigenvalue weighted by molar-refractivity contribution is 5.83. The molecule has 0 heterocycles. The first-order valence-electron chi connectivity index (χ1n) is 6.01. The van der Waals surface area contributed by atoms with Crippen LogP contribution in [0.1, 0.15) is 37.8 Å². The molecule has 0 radical (unpaired) electrons. The summed E-state index contributed by atoms with van der Waals surface area (Å²) in [5, 5.41) is 21.5. The normalized spacial score (nSPS) is 10.8. The van der Waals surface area contributed by atoms with E-state index in [-0.39, 0.29) is 0 Å². The first-order chi connectivity index (χ1) is 8.49. The van der Waals surface area contributed by atoms with E-state index in [1.165, 1.54) is 0 Å². The fourth-order valence-corrected chi connectivity index (χ4v) is 1.90. The number of nitrogens with one attached hydrogen (secondary N) is 1. The predicted octanol–water partition coefficient (Wildman–Crippen LogP) is 2.92. The van der Waals surface area contributed by atoms with Crippen molar-refractivity contribution < 1.29 is 9.90 Å². The van der Waals surface area contributed by atoms with Gasteiger partial charge in [0.15, 0.2) is 0 Å². The van der Waals surface area contributed by atoms with Crippen LogP contribution in [0.15, 0.2) is 18.2 Å². The van der Waals surface area contributed by atoms with Gasteiger partial charge in [-0.25, -0.2) is 4.79 Å². The standard InChI is InChI=1S/C14H18N2O2/c1-4-14(5-2,13(17)18)16-12-7-6-10(3)8-11(12)9-15/h6-8,16H,4-5H2,1-3H3,(H,17,18). The highest BCUT2D eigenvalue weighted by atomic mass is 16.4. The number of hydrogen-bond donors (Lipinski definition) is 2. The first kappa shape index (κ1) is 14.0. The zero-order valence-corrected chi connectivity index (χ0v) is 10.9. The maximum absolute atomic E-state index is 11.4. The van der Waals surface area contributed by atoms with Gasteiger partial charge in [0, 0.05) is 0 Å². The van der Waals surface area contributed by atoms with Crippen LogP contribution >= 0.6 is 0 Å². The molecule has 0 aliphatic rings. The second kappa shape index (κ2) is 5.54. The van der Waals surface area contributed by atoms with Gasteiger partial charge in [0.1, 0.15) is 11.6 Å². The van der Waals surface area contributed by atoms with Gasteiger partial charge in [0.25, 0.3) is 0 Å². The number of carboxylic acids is 1. The molecule has 0 aliphatic carbocycles. The molecule has 1 aromatic carbocycles. The van der Waals surface area contributed by atoms with Crippen LogP contribution in [-0.4, -0.2) is 16.6 Å². The number of carbonyl (C=O) groups is 1. The smallest absolute Gasteiger partial charge is 0.329 e. The summed E-state index contributed by atoms with van der Waals surface area (Å²) in [5.41, 5.74) is 1.02. The highest BCUT2D eigenvalue weighted by Crippen LogP contribution is 2.25. The number of aliphatic carboxylic acids is 1. The number of nitriles is 1. The van der Waals surface area contributed by atoms with Gasteiger partial charge in [-0.2, -0.15) is 5.26 Å². The van der Waals surface area contributed by atoms with Crippen LogP contribution in [0.2, 0.25) is 0 Å². The van der Waals surface area contributed by atoms with Crippen LogP contribution in [0.25, 0.3) is 0 Å². The Hall–Kier alpha value is -2.02. The maximum atomic E-state index is 11.4. The van der Waals surface area contributed by atoms with Crippen LogP contribution in [0.4, 0.5) is 5.69 Å². The topological polar surface area (TPSA) is 73.1 Å². The summed E-state index contributed by atoms with van der Waals surface area (Å²) in [7, 11) is 0. The van der Waals surface area contributed by atoms with Gasteiger partial charge in [-0.1, -0.05) is 19.9 Å². The lowest BCUT2D eigenvalue weighted by Gasteiger charge is -2.29. The van der Waals surface area contributed by atoms with Crippen LogP contribution in [0, 0.1) is 18.3 Å². The van der Waals surface area contributed by atoms with Gasteiger partial charge in [-0.15, -0.1) is 0 Å². The molecule has 0 atom stereocenters. The zero-order chi connectivity index (χ0) is 13.8. The van der Waals surface area contributed by atoms with Crippen molar-refractivity contribution >= 4 is 11.7 Å². The zero-order valence-electron chi connectivity index (χ0n) is 10.9. The number of benzene rings is 1. The van der Waals surface area contributed by atoms with Crippen molar-refractivity contribution in [1.29, 1.82) is 5.26 Å². The van der Waals surface area contributed by atoms with E-state index in [2.05, 4.69) is 11.4 Å². The summed E-state index contributed by atoms with van der Waals surface area (Å²) in [6.45, 7) is 5.55. The molecule has 4 nitrogen and oxygen atoms in total. The number of carboxylic acid groups (broad SMARTS) is 1. The van der Waals surface area contributed by atoms with Crippen molar-refractivity contribution in [2.45, 2.75) is 39.2 Å². The van der Waals surface area contributed by atoms with Gasteiger partial charge in [-0.05, 0) is 37.5 Å². The molecule has 0 aliphatic heterocycles. The van der Waals surface area contributed by atoms with Crippen molar-refractivity contribution in [3.05, 3.63) is 29.3 Å². The van der Waals surface area contributed by atoms with E-state index in [1.54, 1.807) is 12.1 Å². The molecule has 0 amide bonds. The molecule has 0 saturated heterocycles. The highest BCUT2D eigenvalue weighted by Gasteiger charge is 2.35. The molecule has 1 aromatic rings. The number of aryl methyl sites for hydroxylation is 1. The minimum atomic E-state index is -1.01. The van der Waals surface area contributed by atoms with Crippen molar-refractivity contribution in [3.8, 4) is 6.07 Å². The number of hydrogen-bond acceptors (Lipinski definition) is 3. The number of rotatable bonds is 5. The monoisotopic (exact) mass is 246 g/mol. The fraction of sp³-hybridized carbons (Fsp3) is 0.429. The van der Waals surface area contributed by atoms with E-state index in [4.69, 9.17) is 5.26 Å². The van der Waals surface area contributed by atoms with Gasteiger partial charge < -0.3 is 10.4 Å². The molecule has 4 heteroatoms. The van der Waals surface area contributed by atoms with E-state index in [0.29, 0.717) is 24.1 Å². The van der Waals surface area contributed by atoms with Crippen molar-refractivity contribution in [2.75, 3.05) is 5.32 Å². The Morgan fingerprint density at radius 1 is 1.44 bits per heavy atom. The molecule has 0 bridgehead atoms.